The molecule has 0 aromatic heterocycles. The number of halogens is 2. The molecule has 1 heterocycles. The third-order valence-electron chi connectivity index (χ3n) is 5.77. The van der Waals surface area contributed by atoms with E-state index in [4.69, 9.17) is 0 Å². The number of carbonyl (C=O) groups excluding carboxylic acids is 1. The topological polar surface area (TPSA) is 66.5 Å². The number of piperidine rings is 1. The SMILES string of the molecule is CCS(=O)(=O)N1CCC(CNC(=O)c2c(F)cccc2F)(CC2CC2)CC1. The van der Waals surface area contributed by atoms with Crippen LogP contribution in [0.3, 0.4) is 0 Å². The summed E-state index contributed by atoms with van der Waals surface area (Å²) in [6.07, 6.45) is 4.49. The lowest BCUT2D eigenvalue weighted by Gasteiger charge is -2.41. The number of nitrogens with one attached hydrogen (secondary N) is 1. The molecule has 1 saturated carbocycles. The van der Waals surface area contributed by atoms with Gasteiger partial charge in [0.1, 0.15) is 17.2 Å². The van der Waals surface area contributed by atoms with Gasteiger partial charge in [0.25, 0.3) is 5.91 Å². The Morgan fingerprint density at radius 3 is 2.33 bits per heavy atom. The second kappa shape index (κ2) is 7.83. The van der Waals surface area contributed by atoms with Gasteiger partial charge in [-0.15, -0.1) is 0 Å². The Labute approximate surface area is 159 Å². The van der Waals surface area contributed by atoms with Crippen LogP contribution < -0.4 is 5.32 Å². The summed E-state index contributed by atoms with van der Waals surface area (Å²) >= 11 is 0. The van der Waals surface area contributed by atoms with Crippen molar-refractivity contribution >= 4 is 15.9 Å². The molecule has 27 heavy (non-hydrogen) atoms. The number of benzene rings is 1. The predicted octanol–water partition coefficient (Wildman–Crippen LogP) is 2.93. The van der Waals surface area contributed by atoms with Crippen molar-refractivity contribution in [1.29, 1.82) is 0 Å². The Kier molecular flexibility index (Phi) is 5.86. The third kappa shape index (κ3) is 4.66. The number of hydrogen-bond donors (Lipinski definition) is 1. The molecule has 1 aromatic rings. The maximum absolute atomic E-state index is 13.8. The van der Waals surface area contributed by atoms with Crippen molar-refractivity contribution in [3.63, 3.8) is 0 Å². The van der Waals surface area contributed by atoms with E-state index in [2.05, 4.69) is 5.32 Å². The molecule has 150 valence electrons. The molecule has 0 spiro atoms. The summed E-state index contributed by atoms with van der Waals surface area (Å²) in [6, 6.07) is 3.35. The molecule has 5 nitrogen and oxygen atoms in total. The summed E-state index contributed by atoms with van der Waals surface area (Å²) in [6.45, 7) is 2.78. The Morgan fingerprint density at radius 1 is 1.22 bits per heavy atom. The van der Waals surface area contributed by atoms with Crippen molar-refractivity contribution < 1.29 is 22.0 Å². The number of nitrogens with zero attached hydrogens (tertiary/aromatic N) is 1. The summed E-state index contributed by atoms with van der Waals surface area (Å²) in [7, 11) is -3.22. The molecule has 0 bridgehead atoms. The van der Waals surface area contributed by atoms with E-state index in [0.717, 1.165) is 31.4 Å². The second-order valence-electron chi connectivity index (χ2n) is 7.73. The largest absolute Gasteiger partial charge is 0.351 e. The van der Waals surface area contributed by atoms with E-state index in [9.17, 15) is 22.0 Å². The average Bonchev–Trinajstić information content (AvgIpc) is 3.44. The molecule has 8 heteroatoms. The van der Waals surface area contributed by atoms with Crippen LogP contribution in [0.1, 0.15) is 49.4 Å². The van der Waals surface area contributed by atoms with Crippen LogP contribution in [0, 0.1) is 23.0 Å². The van der Waals surface area contributed by atoms with Crippen LogP contribution in [0.2, 0.25) is 0 Å². The minimum absolute atomic E-state index is 0.0753. The van der Waals surface area contributed by atoms with Gasteiger partial charge in [-0.3, -0.25) is 4.79 Å². The maximum Gasteiger partial charge on any atom is 0.257 e. The number of hydrogen-bond acceptors (Lipinski definition) is 3. The lowest BCUT2D eigenvalue weighted by atomic mass is 9.74. The van der Waals surface area contributed by atoms with Crippen LogP contribution in [-0.4, -0.2) is 44.0 Å². The summed E-state index contributed by atoms with van der Waals surface area (Å²) in [5.41, 5.74) is -0.789. The standard InChI is InChI=1S/C19H26F2N2O3S/c1-2-27(25,26)23-10-8-19(9-11-23,12-14-6-7-14)13-22-18(24)17-15(20)4-3-5-16(17)21/h3-5,14H,2,6-13H2,1H3,(H,22,24). The van der Waals surface area contributed by atoms with Crippen LogP contribution in [0.25, 0.3) is 0 Å². The van der Waals surface area contributed by atoms with Gasteiger partial charge in [-0.2, -0.15) is 0 Å². The molecule has 1 amide bonds. The normalized spacial score (nSPS) is 20.4. The molecule has 1 N–H and O–H groups in total. The van der Waals surface area contributed by atoms with Crippen molar-refractivity contribution in [3.05, 3.63) is 35.4 Å². The molecule has 3 rings (SSSR count). The molecule has 2 aliphatic rings. The highest BCUT2D eigenvalue weighted by molar-refractivity contribution is 7.89. The maximum atomic E-state index is 13.8. The first-order chi connectivity index (χ1) is 12.8. The minimum Gasteiger partial charge on any atom is -0.351 e. The quantitative estimate of drug-likeness (QED) is 0.765. The first-order valence-corrected chi connectivity index (χ1v) is 11.1. The van der Waals surface area contributed by atoms with Gasteiger partial charge in [0.2, 0.25) is 10.0 Å². The smallest absolute Gasteiger partial charge is 0.257 e. The number of sulfonamides is 1. The van der Waals surface area contributed by atoms with Gasteiger partial charge in [-0.25, -0.2) is 21.5 Å². The van der Waals surface area contributed by atoms with Crippen molar-refractivity contribution in [2.75, 3.05) is 25.4 Å². The van der Waals surface area contributed by atoms with Gasteiger partial charge in [-0.1, -0.05) is 18.9 Å². The van der Waals surface area contributed by atoms with Gasteiger partial charge in [0.05, 0.1) is 5.75 Å². The van der Waals surface area contributed by atoms with Crippen LogP contribution >= 0.6 is 0 Å². The van der Waals surface area contributed by atoms with E-state index in [0.29, 0.717) is 38.4 Å². The highest BCUT2D eigenvalue weighted by Gasteiger charge is 2.41. The summed E-state index contributed by atoms with van der Waals surface area (Å²) in [5.74, 6) is -1.85. The fourth-order valence-corrected chi connectivity index (χ4v) is 4.98. The Hall–Kier alpha value is -1.54. The van der Waals surface area contributed by atoms with E-state index in [1.165, 1.54) is 10.4 Å². The molecule has 1 aliphatic heterocycles. The van der Waals surface area contributed by atoms with Crippen molar-refractivity contribution in [2.45, 2.75) is 39.0 Å². The first-order valence-electron chi connectivity index (χ1n) is 9.46. The van der Waals surface area contributed by atoms with E-state index in [1.807, 2.05) is 0 Å². The summed E-state index contributed by atoms with van der Waals surface area (Å²) < 4.78 is 53.4. The minimum atomic E-state index is -3.22. The van der Waals surface area contributed by atoms with E-state index < -0.39 is 33.1 Å². The zero-order valence-electron chi connectivity index (χ0n) is 15.5. The van der Waals surface area contributed by atoms with E-state index >= 15 is 0 Å². The van der Waals surface area contributed by atoms with Crippen LogP contribution in [0.15, 0.2) is 18.2 Å². The van der Waals surface area contributed by atoms with Crippen molar-refractivity contribution in [3.8, 4) is 0 Å². The fourth-order valence-electron chi connectivity index (χ4n) is 3.88. The molecular weight excluding hydrogens is 374 g/mol. The third-order valence-corrected chi connectivity index (χ3v) is 7.66. The summed E-state index contributed by atoms with van der Waals surface area (Å²) in [4.78, 5) is 12.3. The van der Waals surface area contributed by atoms with Gasteiger partial charge in [0.15, 0.2) is 0 Å². The van der Waals surface area contributed by atoms with Gasteiger partial charge >= 0.3 is 0 Å². The first kappa shape index (κ1) is 20.2. The number of amides is 1. The predicted molar refractivity (Wildman–Crippen MR) is 98.7 cm³/mol. The van der Waals surface area contributed by atoms with E-state index in [-0.39, 0.29) is 11.2 Å². The Balaban J connectivity index is 1.68. The van der Waals surface area contributed by atoms with Crippen LogP contribution in [0.5, 0.6) is 0 Å². The summed E-state index contributed by atoms with van der Waals surface area (Å²) in [5, 5.41) is 2.70. The molecule has 0 atom stereocenters. The zero-order chi connectivity index (χ0) is 19.7. The molecule has 2 fully saturated rings. The highest BCUT2D eigenvalue weighted by atomic mass is 32.2. The number of rotatable bonds is 7. The molecule has 0 unspecified atom stereocenters. The van der Waals surface area contributed by atoms with Crippen molar-refractivity contribution in [1.82, 2.24) is 9.62 Å². The van der Waals surface area contributed by atoms with E-state index in [1.54, 1.807) is 6.92 Å². The highest BCUT2D eigenvalue weighted by Crippen LogP contribution is 2.45. The Bertz CT molecular complexity index is 781. The number of carbonyl (C=O) groups is 1. The fraction of sp³-hybridized carbons (Fsp3) is 0.632. The molecule has 1 saturated heterocycles. The second-order valence-corrected chi connectivity index (χ2v) is 9.98. The molecule has 0 radical (unpaired) electrons. The monoisotopic (exact) mass is 400 g/mol. The van der Waals surface area contributed by atoms with Crippen LogP contribution in [0.4, 0.5) is 8.78 Å². The molecule has 1 aliphatic carbocycles. The lowest BCUT2D eigenvalue weighted by Crippen LogP contribution is -2.48. The van der Waals surface area contributed by atoms with Gasteiger partial charge in [-0.05, 0) is 49.7 Å². The van der Waals surface area contributed by atoms with Crippen LogP contribution in [-0.2, 0) is 10.0 Å². The Morgan fingerprint density at radius 2 is 1.81 bits per heavy atom. The van der Waals surface area contributed by atoms with Gasteiger partial charge in [0, 0.05) is 19.6 Å². The molecule has 1 aromatic carbocycles. The van der Waals surface area contributed by atoms with Crippen molar-refractivity contribution in [2.24, 2.45) is 11.3 Å². The molecular formula is C19H26F2N2O3S. The van der Waals surface area contributed by atoms with Gasteiger partial charge < -0.3 is 5.32 Å². The zero-order valence-corrected chi connectivity index (χ0v) is 16.3. The average molecular weight is 400 g/mol. The lowest BCUT2D eigenvalue weighted by molar-refractivity contribution is 0.0863.